The van der Waals surface area contributed by atoms with E-state index in [1.165, 1.54) is 11.3 Å². The topological polar surface area (TPSA) is 86.8 Å². The number of hydrogen-bond acceptors (Lipinski definition) is 7. The lowest BCUT2D eigenvalue weighted by atomic mass is 10.2. The standard InChI is InChI=1S/C23H18N2O5S/c1-28-18-11-12-19-20(13-18)31-23(24-19)25-21(26)14-29-22(27)15-7-9-17(10-8-15)30-16-5-3-2-4-6-16/h2-13H,14H2,1H3,(H,24,25,26). The number of benzene rings is 3. The van der Waals surface area contributed by atoms with E-state index in [-0.39, 0.29) is 0 Å². The van der Waals surface area contributed by atoms with Crippen molar-refractivity contribution in [3.8, 4) is 17.2 Å². The van der Waals surface area contributed by atoms with Gasteiger partial charge in [-0.25, -0.2) is 9.78 Å². The zero-order valence-corrected chi connectivity index (χ0v) is 17.3. The lowest BCUT2D eigenvalue weighted by molar-refractivity contribution is -0.119. The predicted molar refractivity (Wildman–Crippen MR) is 118 cm³/mol. The third-order valence-electron chi connectivity index (χ3n) is 4.25. The van der Waals surface area contributed by atoms with Crippen molar-refractivity contribution in [1.29, 1.82) is 0 Å². The molecule has 0 bridgehead atoms. The molecule has 7 nitrogen and oxygen atoms in total. The van der Waals surface area contributed by atoms with Crippen molar-refractivity contribution in [3.05, 3.63) is 78.4 Å². The van der Waals surface area contributed by atoms with E-state index in [1.54, 1.807) is 37.4 Å². The number of ether oxygens (including phenoxy) is 3. The number of aromatic nitrogens is 1. The summed E-state index contributed by atoms with van der Waals surface area (Å²) < 4.78 is 16.8. The molecule has 0 aliphatic carbocycles. The molecule has 0 radical (unpaired) electrons. The number of esters is 1. The van der Waals surface area contributed by atoms with Gasteiger partial charge in [0.25, 0.3) is 5.91 Å². The average molecular weight is 434 g/mol. The highest BCUT2D eigenvalue weighted by Crippen LogP contribution is 2.29. The van der Waals surface area contributed by atoms with E-state index >= 15 is 0 Å². The van der Waals surface area contributed by atoms with Crippen LogP contribution in [0.15, 0.2) is 72.8 Å². The molecular formula is C23H18N2O5S. The Bertz CT molecular complexity index is 1210. The maximum absolute atomic E-state index is 12.2. The lowest BCUT2D eigenvalue weighted by Crippen LogP contribution is -2.20. The summed E-state index contributed by atoms with van der Waals surface area (Å²) in [5.41, 5.74) is 1.07. The van der Waals surface area contributed by atoms with Gasteiger partial charge >= 0.3 is 5.97 Å². The number of nitrogens with zero attached hydrogens (tertiary/aromatic N) is 1. The summed E-state index contributed by atoms with van der Waals surface area (Å²) in [5.74, 6) is 0.928. The second-order valence-electron chi connectivity index (χ2n) is 6.42. The van der Waals surface area contributed by atoms with Crippen LogP contribution in [-0.2, 0) is 9.53 Å². The molecule has 156 valence electrons. The van der Waals surface area contributed by atoms with Crippen LogP contribution in [0.4, 0.5) is 5.13 Å². The SMILES string of the molecule is COc1ccc2nc(NC(=O)COC(=O)c3ccc(Oc4ccccc4)cc3)sc2c1. The van der Waals surface area contributed by atoms with Gasteiger partial charge < -0.3 is 14.2 Å². The van der Waals surface area contributed by atoms with Gasteiger partial charge in [-0.1, -0.05) is 29.5 Å². The van der Waals surface area contributed by atoms with Crippen molar-refractivity contribution in [3.63, 3.8) is 0 Å². The third-order valence-corrected chi connectivity index (χ3v) is 5.18. The van der Waals surface area contributed by atoms with Gasteiger partial charge in [0, 0.05) is 0 Å². The summed E-state index contributed by atoms with van der Waals surface area (Å²) in [6, 6.07) is 21.3. The van der Waals surface area contributed by atoms with Crippen LogP contribution < -0.4 is 14.8 Å². The van der Waals surface area contributed by atoms with Crippen molar-refractivity contribution in [2.75, 3.05) is 19.0 Å². The first-order chi connectivity index (χ1) is 15.1. The molecule has 1 N–H and O–H groups in total. The van der Waals surface area contributed by atoms with Gasteiger partial charge in [-0.15, -0.1) is 0 Å². The number of para-hydroxylation sites is 1. The molecule has 1 aromatic heterocycles. The molecule has 1 amide bonds. The zero-order chi connectivity index (χ0) is 21.6. The Kier molecular flexibility index (Phi) is 6.09. The normalized spacial score (nSPS) is 10.5. The van der Waals surface area contributed by atoms with Crippen LogP contribution in [0.3, 0.4) is 0 Å². The Morgan fingerprint density at radius 1 is 0.935 bits per heavy atom. The van der Waals surface area contributed by atoms with Crippen LogP contribution in [0.1, 0.15) is 10.4 Å². The summed E-state index contributed by atoms with van der Waals surface area (Å²) >= 11 is 1.31. The van der Waals surface area contributed by atoms with Gasteiger partial charge in [0.1, 0.15) is 17.2 Å². The molecule has 1 heterocycles. The Hall–Kier alpha value is -3.91. The monoisotopic (exact) mass is 434 g/mol. The summed E-state index contributed by atoms with van der Waals surface area (Å²) in [4.78, 5) is 28.7. The fourth-order valence-corrected chi connectivity index (χ4v) is 3.65. The van der Waals surface area contributed by atoms with Crippen molar-refractivity contribution < 1.29 is 23.8 Å². The van der Waals surface area contributed by atoms with Crippen LogP contribution >= 0.6 is 11.3 Å². The molecule has 0 aliphatic rings. The maximum Gasteiger partial charge on any atom is 0.338 e. The highest BCUT2D eigenvalue weighted by atomic mass is 32.1. The molecule has 31 heavy (non-hydrogen) atoms. The quantitative estimate of drug-likeness (QED) is 0.417. The number of amides is 1. The molecule has 0 spiro atoms. The van der Waals surface area contributed by atoms with Crippen molar-refractivity contribution in [1.82, 2.24) is 4.98 Å². The highest BCUT2D eigenvalue weighted by Gasteiger charge is 2.13. The predicted octanol–water partition coefficient (Wildman–Crippen LogP) is 4.89. The number of carbonyl (C=O) groups excluding carboxylic acids is 2. The van der Waals surface area contributed by atoms with Gasteiger partial charge in [-0.05, 0) is 54.6 Å². The van der Waals surface area contributed by atoms with Crippen LogP contribution in [0, 0.1) is 0 Å². The van der Waals surface area contributed by atoms with E-state index in [2.05, 4.69) is 10.3 Å². The minimum atomic E-state index is -0.601. The fourth-order valence-electron chi connectivity index (χ4n) is 2.74. The van der Waals surface area contributed by atoms with E-state index in [0.717, 1.165) is 10.2 Å². The van der Waals surface area contributed by atoms with Gasteiger partial charge in [-0.2, -0.15) is 0 Å². The Balaban J connectivity index is 1.30. The number of rotatable bonds is 7. The first-order valence-electron chi connectivity index (χ1n) is 9.35. The van der Waals surface area contributed by atoms with Crippen LogP contribution in [0.5, 0.6) is 17.2 Å². The fraction of sp³-hybridized carbons (Fsp3) is 0.0870. The minimum Gasteiger partial charge on any atom is -0.497 e. The molecular weight excluding hydrogens is 416 g/mol. The molecule has 0 saturated heterocycles. The van der Waals surface area contributed by atoms with E-state index < -0.39 is 18.5 Å². The maximum atomic E-state index is 12.2. The first-order valence-corrected chi connectivity index (χ1v) is 10.2. The lowest BCUT2D eigenvalue weighted by Gasteiger charge is -2.07. The Labute approximate surface area is 182 Å². The van der Waals surface area contributed by atoms with E-state index in [1.807, 2.05) is 42.5 Å². The minimum absolute atomic E-state index is 0.320. The van der Waals surface area contributed by atoms with Crippen molar-refractivity contribution in [2.24, 2.45) is 0 Å². The molecule has 3 aromatic carbocycles. The zero-order valence-electron chi connectivity index (χ0n) is 16.5. The number of thiazole rings is 1. The molecule has 0 unspecified atom stereocenters. The number of carbonyl (C=O) groups is 2. The van der Waals surface area contributed by atoms with Crippen molar-refractivity contribution in [2.45, 2.75) is 0 Å². The number of anilines is 1. The van der Waals surface area contributed by atoms with Crippen LogP contribution in [0.25, 0.3) is 10.2 Å². The van der Waals surface area contributed by atoms with Gasteiger partial charge in [-0.3, -0.25) is 10.1 Å². The molecule has 4 rings (SSSR count). The largest absolute Gasteiger partial charge is 0.497 e. The first kappa shape index (κ1) is 20.4. The summed E-state index contributed by atoms with van der Waals surface area (Å²) in [5, 5.41) is 3.07. The van der Waals surface area contributed by atoms with E-state index in [9.17, 15) is 9.59 Å². The number of fused-ring (bicyclic) bond motifs is 1. The molecule has 8 heteroatoms. The second kappa shape index (κ2) is 9.27. The van der Waals surface area contributed by atoms with Crippen LogP contribution in [0.2, 0.25) is 0 Å². The van der Waals surface area contributed by atoms with Crippen molar-refractivity contribution >= 4 is 38.6 Å². The molecule has 0 saturated carbocycles. The van der Waals surface area contributed by atoms with E-state index in [0.29, 0.717) is 27.9 Å². The molecule has 0 aliphatic heterocycles. The Morgan fingerprint density at radius 3 is 2.39 bits per heavy atom. The number of methoxy groups -OCH3 is 1. The molecule has 0 fully saturated rings. The molecule has 4 aromatic rings. The van der Waals surface area contributed by atoms with Crippen LogP contribution in [-0.4, -0.2) is 30.6 Å². The smallest absolute Gasteiger partial charge is 0.338 e. The van der Waals surface area contributed by atoms with Gasteiger partial charge in [0.05, 0.1) is 22.9 Å². The summed E-state index contributed by atoms with van der Waals surface area (Å²) in [6.45, 7) is -0.416. The highest BCUT2D eigenvalue weighted by molar-refractivity contribution is 7.22. The summed E-state index contributed by atoms with van der Waals surface area (Å²) in [6.07, 6.45) is 0. The number of nitrogens with one attached hydrogen (secondary N) is 1. The number of hydrogen-bond donors (Lipinski definition) is 1. The van der Waals surface area contributed by atoms with Gasteiger partial charge in [0.2, 0.25) is 0 Å². The van der Waals surface area contributed by atoms with Gasteiger partial charge in [0.15, 0.2) is 11.7 Å². The second-order valence-corrected chi connectivity index (χ2v) is 7.45. The Morgan fingerprint density at radius 2 is 1.65 bits per heavy atom. The third kappa shape index (κ3) is 5.18. The van der Waals surface area contributed by atoms with E-state index in [4.69, 9.17) is 14.2 Å². The summed E-state index contributed by atoms with van der Waals surface area (Å²) in [7, 11) is 1.59. The molecule has 0 atom stereocenters. The average Bonchev–Trinajstić information content (AvgIpc) is 3.20.